The van der Waals surface area contributed by atoms with E-state index in [1.807, 2.05) is 31.2 Å². The van der Waals surface area contributed by atoms with Crippen molar-refractivity contribution in [1.82, 2.24) is 4.98 Å². The van der Waals surface area contributed by atoms with Crippen LogP contribution in [-0.4, -0.2) is 4.98 Å². The molecular weight excluding hydrogens is 263 g/mol. The van der Waals surface area contributed by atoms with E-state index in [1.165, 1.54) is 6.07 Å². The number of rotatable bonds is 3. The van der Waals surface area contributed by atoms with Gasteiger partial charge in [0.25, 0.3) is 0 Å². The normalized spacial score (nSPS) is 10.6. The Kier molecular flexibility index (Phi) is 3.40. The minimum atomic E-state index is -0.223. The van der Waals surface area contributed by atoms with Gasteiger partial charge in [0.2, 0.25) is 0 Å². The Bertz CT molecular complexity index is 825. The number of fused-ring (bicyclic) bond motifs is 1. The van der Waals surface area contributed by atoms with E-state index in [2.05, 4.69) is 16.9 Å². The van der Waals surface area contributed by atoms with Gasteiger partial charge in [0.05, 0.1) is 0 Å². The van der Waals surface area contributed by atoms with E-state index >= 15 is 0 Å². The van der Waals surface area contributed by atoms with Crippen molar-refractivity contribution in [1.29, 1.82) is 0 Å². The van der Waals surface area contributed by atoms with Gasteiger partial charge in [0, 0.05) is 11.6 Å². The fourth-order valence-corrected chi connectivity index (χ4v) is 2.40. The van der Waals surface area contributed by atoms with Crippen LogP contribution in [0.4, 0.5) is 10.2 Å². The topological polar surface area (TPSA) is 24.9 Å². The molecule has 0 saturated heterocycles. The molecule has 0 amide bonds. The highest BCUT2D eigenvalue weighted by atomic mass is 19.1. The molecule has 3 rings (SSSR count). The van der Waals surface area contributed by atoms with Crippen LogP contribution in [0.15, 0.2) is 61.4 Å². The number of nitrogens with one attached hydrogen (secondary N) is 1. The van der Waals surface area contributed by atoms with Crippen molar-refractivity contribution in [3.63, 3.8) is 0 Å². The predicted octanol–water partition coefficient (Wildman–Crippen LogP) is 4.90. The molecule has 0 atom stereocenters. The Hall–Kier alpha value is -2.68. The summed E-state index contributed by atoms with van der Waals surface area (Å²) < 4.78 is 13.5. The number of anilines is 1. The number of hydrogen-bond acceptors (Lipinski definition) is 2. The van der Waals surface area contributed by atoms with Gasteiger partial charge < -0.3 is 5.32 Å². The molecule has 1 heterocycles. The lowest BCUT2D eigenvalue weighted by Crippen LogP contribution is -1.90. The monoisotopic (exact) mass is 278 g/mol. The molecular formula is C18H15FN2. The molecule has 0 unspecified atom stereocenters. The van der Waals surface area contributed by atoms with E-state index in [1.54, 1.807) is 24.5 Å². The lowest BCUT2D eigenvalue weighted by molar-refractivity contribution is 0.628. The summed E-state index contributed by atoms with van der Waals surface area (Å²) in [4.78, 5) is 4.31. The number of nitrogens with zero attached hydrogens (tertiary/aromatic N) is 1. The van der Waals surface area contributed by atoms with Crippen LogP contribution < -0.4 is 5.32 Å². The summed E-state index contributed by atoms with van der Waals surface area (Å²) in [6.45, 7) is 5.60. The summed E-state index contributed by atoms with van der Waals surface area (Å²) >= 11 is 0. The first-order valence-corrected chi connectivity index (χ1v) is 6.71. The van der Waals surface area contributed by atoms with Crippen LogP contribution in [0.1, 0.15) is 5.56 Å². The Morgan fingerprint density at radius 3 is 2.76 bits per heavy atom. The third kappa shape index (κ3) is 2.63. The molecule has 3 aromatic rings. The molecule has 2 aromatic carbocycles. The smallest absolute Gasteiger partial charge is 0.130 e. The van der Waals surface area contributed by atoms with Crippen LogP contribution >= 0.6 is 0 Å². The number of aryl methyl sites for hydroxylation is 1. The molecule has 0 fully saturated rings. The highest BCUT2D eigenvalue weighted by molar-refractivity contribution is 5.88. The van der Waals surface area contributed by atoms with Crippen molar-refractivity contribution < 1.29 is 4.39 Å². The summed E-state index contributed by atoms with van der Waals surface area (Å²) in [5, 5.41) is 5.06. The molecule has 3 heteroatoms. The van der Waals surface area contributed by atoms with Crippen LogP contribution in [0.3, 0.4) is 0 Å². The Balaban J connectivity index is 2.11. The zero-order valence-corrected chi connectivity index (χ0v) is 11.7. The van der Waals surface area contributed by atoms with E-state index in [0.29, 0.717) is 0 Å². The third-order valence-electron chi connectivity index (χ3n) is 3.48. The average Bonchev–Trinajstić information content (AvgIpc) is 2.49. The second-order valence-corrected chi connectivity index (χ2v) is 4.94. The molecule has 0 saturated carbocycles. The second-order valence-electron chi connectivity index (χ2n) is 4.94. The van der Waals surface area contributed by atoms with Crippen molar-refractivity contribution >= 4 is 16.6 Å². The highest BCUT2D eigenvalue weighted by Crippen LogP contribution is 2.28. The van der Waals surface area contributed by atoms with Crippen molar-refractivity contribution in [2.24, 2.45) is 0 Å². The molecule has 1 aromatic heterocycles. The van der Waals surface area contributed by atoms with Crippen LogP contribution in [0.25, 0.3) is 21.9 Å². The van der Waals surface area contributed by atoms with Gasteiger partial charge in [-0.1, -0.05) is 24.8 Å². The van der Waals surface area contributed by atoms with Gasteiger partial charge in [-0.15, -0.1) is 0 Å². The second kappa shape index (κ2) is 5.37. The summed E-state index contributed by atoms with van der Waals surface area (Å²) in [5.74, 6) is 0.534. The molecule has 21 heavy (non-hydrogen) atoms. The van der Waals surface area contributed by atoms with Crippen LogP contribution in [0.5, 0.6) is 0 Å². The molecule has 0 bridgehead atoms. The maximum atomic E-state index is 13.5. The molecule has 0 aliphatic rings. The summed E-state index contributed by atoms with van der Waals surface area (Å²) in [6, 6.07) is 12.9. The van der Waals surface area contributed by atoms with E-state index in [0.717, 1.165) is 33.3 Å². The first-order valence-electron chi connectivity index (χ1n) is 6.71. The quantitative estimate of drug-likeness (QED) is 0.736. The number of benzene rings is 2. The maximum Gasteiger partial charge on any atom is 0.130 e. The zero-order chi connectivity index (χ0) is 14.8. The van der Waals surface area contributed by atoms with Gasteiger partial charge in [0.1, 0.15) is 11.6 Å². The fraction of sp³-hybridized carbons (Fsp3) is 0.0556. The lowest BCUT2D eigenvalue weighted by atomic mass is 9.98. The first-order chi connectivity index (χ1) is 10.2. The summed E-state index contributed by atoms with van der Waals surface area (Å²) in [6.07, 6.45) is 3.40. The number of pyridine rings is 1. The minimum Gasteiger partial charge on any atom is -0.347 e. The van der Waals surface area contributed by atoms with Gasteiger partial charge in [0.15, 0.2) is 0 Å². The standard InChI is InChI=1S/C18H15FN2/c1-3-20-18-9-13-5-6-14(8-15(13)11-21-18)17-10-16(19)7-4-12(17)2/h3-11H,1H2,2H3,(H,20,21). The van der Waals surface area contributed by atoms with Crippen LogP contribution in [0, 0.1) is 12.7 Å². The molecule has 0 aliphatic heterocycles. The van der Waals surface area contributed by atoms with E-state index < -0.39 is 0 Å². The van der Waals surface area contributed by atoms with Crippen molar-refractivity contribution in [3.8, 4) is 11.1 Å². The Labute approximate surface area is 123 Å². The molecule has 0 radical (unpaired) electrons. The zero-order valence-electron chi connectivity index (χ0n) is 11.7. The van der Waals surface area contributed by atoms with E-state index in [4.69, 9.17) is 0 Å². The van der Waals surface area contributed by atoms with Crippen LogP contribution in [-0.2, 0) is 0 Å². The Morgan fingerprint density at radius 1 is 1.10 bits per heavy atom. The van der Waals surface area contributed by atoms with Gasteiger partial charge in [-0.3, -0.25) is 0 Å². The van der Waals surface area contributed by atoms with Crippen molar-refractivity contribution in [2.75, 3.05) is 5.32 Å². The number of aromatic nitrogens is 1. The molecule has 0 spiro atoms. The predicted molar refractivity (Wildman–Crippen MR) is 85.7 cm³/mol. The van der Waals surface area contributed by atoms with Crippen molar-refractivity contribution in [3.05, 3.63) is 72.8 Å². The lowest BCUT2D eigenvalue weighted by Gasteiger charge is -2.08. The summed E-state index contributed by atoms with van der Waals surface area (Å²) in [7, 11) is 0. The first kappa shape index (κ1) is 13.3. The average molecular weight is 278 g/mol. The van der Waals surface area contributed by atoms with Crippen molar-refractivity contribution in [2.45, 2.75) is 6.92 Å². The number of hydrogen-bond donors (Lipinski definition) is 1. The number of halogens is 1. The van der Waals surface area contributed by atoms with E-state index in [9.17, 15) is 4.39 Å². The Morgan fingerprint density at radius 2 is 1.95 bits per heavy atom. The van der Waals surface area contributed by atoms with Crippen LogP contribution in [0.2, 0.25) is 0 Å². The SMILES string of the molecule is C=CNc1cc2ccc(-c3cc(F)ccc3C)cc2cn1. The van der Waals surface area contributed by atoms with Gasteiger partial charge in [-0.05, 0) is 59.5 Å². The molecule has 0 aliphatic carbocycles. The van der Waals surface area contributed by atoms with E-state index in [-0.39, 0.29) is 5.82 Å². The summed E-state index contributed by atoms with van der Waals surface area (Å²) in [5.41, 5.74) is 2.95. The minimum absolute atomic E-state index is 0.223. The highest BCUT2D eigenvalue weighted by Gasteiger charge is 2.05. The third-order valence-corrected chi connectivity index (χ3v) is 3.48. The molecule has 104 valence electrons. The van der Waals surface area contributed by atoms with Gasteiger partial charge in [-0.25, -0.2) is 9.37 Å². The molecule has 1 N–H and O–H groups in total. The van der Waals surface area contributed by atoms with Gasteiger partial charge in [-0.2, -0.15) is 0 Å². The fourth-order valence-electron chi connectivity index (χ4n) is 2.40. The maximum absolute atomic E-state index is 13.5. The van der Waals surface area contributed by atoms with Gasteiger partial charge >= 0.3 is 0 Å². The molecule has 2 nitrogen and oxygen atoms in total. The largest absolute Gasteiger partial charge is 0.347 e.